The molecule has 0 saturated carbocycles. The number of hydrogen-bond donors (Lipinski definition) is 2. The van der Waals surface area contributed by atoms with Crippen molar-refractivity contribution in [2.75, 3.05) is 6.61 Å². The number of fused-ring (bicyclic) bond motifs is 1. The molecule has 2 aromatic heterocycles. The van der Waals surface area contributed by atoms with Crippen molar-refractivity contribution < 1.29 is 24.1 Å². The number of aliphatic hydroxyl groups is 2. The van der Waals surface area contributed by atoms with Crippen LogP contribution in [0.4, 0.5) is 4.39 Å². The molecule has 3 heterocycles. The van der Waals surface area contributed by atoms with Crippen LogP contribution in [0.3, 0.4) is 0 Å². The van der Waals surface area contributed by atoms with E-state index in [4.69, 9.17) is 16.3 Å². The summed E-state index contributed by atoms with van der Waals surface area (Å²) in [5.74, 6) is -1.16. The van der Waals surface area contributed by atoms with Crippen molar-refractivity contribution in [2.24, 2.45) is 7.05 Å². The van der Waals surface area contributed by atoms with Crippen molar-refractivity contribution in [3.8, 4) is 0 Å². The quantitative estimate of drug-likeness (QED) is 0.546. The summed E-state index contributed by atoms with van der Waals surface area (Å²) < 4.78 is 22.7. The zero-order valence-electron chi connectivity index (χ0n) is 18.4. The Hall–Kier alpha value is -2.85. The van der Waals surface area contributed by atoms with Gasteiger partial charge >= 0.3 is 0 Å². The average Bonchev–Trinajstić information content (AvgIpc) is 3.31. The average molecular weight is 475 g/mol. The summed E-state index contributed by atoms with van der Waals surface area (Å²) in [5, 5.41) is 25.4. The van der Waals surface area contributed by atoms with Gasteiger partial charge in [-0.2, -0.15) is 5.10 Å². The van der Waals surface area contributed by atoms with E-state index in [1.165, 1.54) is 48.0 Å². The predicted molar refractivity (Wildman–Crippen MR) is 118 cm³/mol. The van der Waals surface area contributed by atoms with Crippen molar-refractivity contribution in [2.45, 2.75) is 38.3 Å². The molecule has 1 aliphatic rings. The smallest absolute Gasteiger partial charge is 0.257 e. The summed E-state index contributed by atoms with van der Waals surface area (Å²) in [6.07, 6.45) is 2.70. The molecule has 33 heavy (non-hydrogen) atoms. The minimum Gasteiger partial charge on any atom is -0.391 e. The first-order valence-electron chi connectivity index (χ1n) is 10.3. The first-order chi connectivity index (χ1) is 15.6. The van der Waals surface area contributed by atoms with Crippen molar-refractivity contribution in [1.82, 2.24) is 19.7 Å². The van der Waals surface area contributed by atoms with Gasteiger partial charge in [-0.3, -0.25) is 14.5 Å². The van der Waals surface area contributed by atoms with Crippen LogP contribution in [-0.2, 0) is 23.9 Å². The maximum atomic E-state index is 15.4. The fourth-order valence-corrected chi connectivity index (χ4v) is 3.93. The third-order valence-corrected chi connectivity index (χ3v) is 5.82. The monoisotopic (exact) mass is 474 g/mol. The molecule has 1 aliphatic heterocycles. The summed E-state index contributed by atoms with van der Waals surface area (Å²) in [4.78, 5) is 18.9. The van der Waals surface area contributed by atoms with Crippen molar-refractivity contribution in [3.05, 3.63) is 81.6 Å². The Morgan fingerprint density at radius 1 is 1.30 bits per heavy atom. The maximum absolute atomic E-state index is 15.4. The van der Waals surface area contributed by atoms with Crippen LogP contribution in [0.1, 0.15) is 52.8 Å². The van der Waals surface area contributed by atoms with E-state index in [9.17, 15) is 15.0 Å². The number of ether oxygens (including phenoxy) is 1. The Morgan fingerprint density at radius 3 is 2.67 bits per heavy atom. The molecule has 0 fully saturated rings. The lowest BCUT2D eigenvalue weighted by molar-refractivity contribution is -0.0710. The number of aryl methyl sites for hydroxylation is 1. The van der Waals surface area contributed by atoms with E-state index in [0.717, 1.165) is 0 Å². The Kier molecular flexibility index (Phi) is 6.24. The van der Waals surface area contributed by atoms with Gasteiger partial charge < -0.3 is 19.8 Å². The van der Waals surface area contributed by atoms with Gasteiger partial charge in [-0.05, 0) is 43.7 Å². The van der Waals surface area contributed by atoms with Crippen LogP contribution in [0.5, 0.6) is 0 Å². The summed E-state index contributed by atoms with van der Waals surface area (Å²) in [6, 6.07) is 5.98. The lowest BCUT2D eigenvalue weighted by Crippen LogP contribution is -2.31. The van der Waals surface area contributed by atoms with Crippen LogP contribution < -0.4 is 0 Å². The molecule has 0 spiro atoms. The summed E-state index contributed by atoms with van der Waals surface area (Å²) >= 11 is 5.90. The molecule has 174 valence electrons. The highest BCUT2D eigenvalue weighted by Crippen LogP contribution is 2.40. The third-order valence-electron chi connectivity index (χ3n) is 5.60. The molecule has 0 saturated heterocycles. The molecule has 2 N–H and O–H groups in total. The SMILES string of the molecule is C[C@@H](O)CO[C@@H]1c2c(F)cc(C(C)(O)c3cnn(C)c3)cc2C(=O)N1Cc1ccc(Cl)cn1. The minimum atomic E-state index is -1.58. The van der Waals surface area contributed by atoms with Crippen LogP contribution in [0.2, 0.25) is 5.02 Å². The fourth-order valence-electron chi connectivity index (χ4n) is 3.82. The number of aromatic nitrogens is 3. The van der Waals surface area contributed by atoms with Gasteiger partial charge in [0.25, 0.3) is 5.91 Å². The second kappa shape index (κ2) is 8.83. The van der Waals surface area contributed by atoms with Gasteiger partial charge in [-0.25, -0.2) is 4.39 Å². The molecule has 0 radical (unpaired) electrons. The Morgan fingerprint density at radius 2 is 2.06 bits per heavy atom. The molecule has 4 rings (SSSR count). The second-order valence-electron chi connectivity index (χ2n) is 8.33. The molecule has 0 aliphatic carbocycles. The van der Waals surface area contributed by atoms with E-state index in [1.54, 1.807) is 25.4 Å². The highest BCUT2D eigenvalue weighted by atomic mass is 35.5. The van der Waals surface area contributed by atoms with Gasteiger partial charge in [0, 0.05) is 30.6 Å². The van der Waals surface area contributed by atoms with Crippen LogP contribution in [0.25, 0.3) is 0 Å². The first-order valence-corrected chi connectivity index (χ1v) is 10.7. The van der Waals surface area contributed by atoms with E-state index in [0.29, 0.717) is 16.3 Å². The Bertz CT molecular complexity index is 1180. The summed E-state index contributed by atoms with van der Waals surface area (Å²) in [6.45, 7) is 2.99. The molecule has 1 unspecified atom stereocenters. The summed E-state index contributed by atoms with van der Waals surface area (Å²) in [7, 11) is 1.71. The van der Waals surface area contributed by atoms with Gasteiger partial charge in [-0.15, -0.1) is 0 Å². The van der Waals surface area contributed by atoms with Crippen LogP contribution >= 0.6 is 11.6 Å². The number of halogens is 2. The van der Waals surface area contributed by atoms with Crippen LogP contribution in [0.15, 0.2) is 42.9 Å². The third kappa shape index (κ3) is 4.49. The number of carbonyl (C=O) groups is 1. The number of nitrogens with zero attached hydrogens (tertiary/aromatic N) is 4. The first kappa shape index (κ1) is 23.3. The molecule has 0 bridgehead atoms. The zero-order chi connectivity index (χ0) is 23.9. The molecular formula is C23H24ClFN4O4. The normalized spacial score (nSPS) is 18.3. The number of aliphatic hydroxyl groups excluding tert-OH is 1. The van der Waals surface area contributed by atoms with E-state index < -0.39 is 29.7 Å². The number of carbonyl (C=O) groups excluding carboxylic acids is 1. The van der Waals surface area contributed by atoms with E-state index in [1.807, 2.05) is 0 Å². The van der Waals surface area contributed by atoms with Crippen molar-refractivity contribution >= 4 is 17.5 Å². The number of rotatable bonds is 7. The molecule has 8 nitrogen and oxygen atoms in total. The van der Waals surface area contributed by atoms with Crippen molar-refractivity contribution in [3.63, 3.8) is 0 Å². The van der Waals surface area contributed by atoms with Gasteiger partial charge in [-0.1, -0.05) is 11.6 Å². The molecule has 1 amide bonds. The van der Waals surface area contributed by atoms with Crippen molar-refractivity contribution in [1.29, 1.82) is 0 Å². The number of benzene rings is 1. The van der Waals surface area contributed by atoms with Gasteiger partial charge in [0.2, 0.25) is 0 Å². The molecular weight excluding hydrogens is 451 g/mol. The standard InChI is InChI=1S/C23H24ClFN4O4/c1-13(30)12-33-22-20-18(21(31)29(22)11-17-5-4-16(24)9-26-17)6-14(7-19(20)25)23(2,32)15-8-27-28(3)10-15/h4-10,13,22,30,32H,11-12H2,1-3H3/t13-,22-,23?/m1/s1. The Labute approximate surface area is 195 Å². The maximum Gasteiger partial charge on any atom is 0.257 e. The predicted octanol–water partition coefficient (Wildman–Crippen LogP) is 2.92. The summed E-state index contributed by atoms with van der Waals surface area (Å²) in [5.41, 5.74) is -0.237. The van der Waals surface area contributed by atoms with Crippen LogP contribution in [0, 0.1) is 5.82 Å². The number of pyridine rings is 1. The Balaban J connectivity index is 1.75. The highest BCUT2D eigenvalue weighted by Gasteiger charge is 2.42. The lowest BCUT2D eigenvalue weighted by atomic mass is 9.88. The van der Waals surface area contributed by atoms with Gasteiger partial charge in [0.15, 0.2) is 6.23 Å². The molecule has 3 aromatic rings. The minimum absolute atomic E-state index is 0.0446. The van der Waals surface area contributed by atoms with E-state index >= 15 is 4.39 Å². The largest absolute Gasteiger partial charge is 0.391 e. The number of hydrogen-bond acceptors (Lipinski definition) is 6. The lowest BCUT2D eigenvalue weighted by Gasteiger charge is -2.26. The topological polar surface area (TPSA) is 101 Å². The molecule has 10 heteroatoms. The van der Waals surface area contributed by atoms with E-state index in [2.05, 4.69) is 10.1 Å². The van der Waals surface area contributed by atoms with Gasteiger partial charge in [0.1, 0.15) is 11.4 Å². The van der Waals surface area contributed by atoms with E-state index in [-0.39, 0.29) is 29.8 Å². The fraction of sp³-hybridized carbons (Fsp3) is 0.348. The zero-order valence-corrected chi connectivity index (χ0v) is 19.1. The van der Waals surface area contributed by atoms with Gasteiger partial charge in [0.05, 0.1) is 41.7 Å². The molecule has 1 aromatic carbocycles. The number of amides is 1. The van der Waals surface area contributed by atoms with Crippen LogP contribution in [-0.4, -0.2) is 48.5 Å². The highest BCUT2D eigenvalue weighted by molar-refractivity contribution is 6.30. The second-order valence-corrected chi connectivity index (χ2v) is 8.77. The molecule has 3 atom stereocenters.